The Morgan fingerprint density at radius 3 is 2.59 bits per heavy atom. The van der Waals surface area contributed by atoms with Crippen molar-refractivity contribution in [1.29, 1.82) is 0 Å². The third kappa shape index (κ3) is 5.67. The predicted octanol–water partition coefficient (Wildman–Crippen LogP) is 0.437. The number of aromatic hydroxyl groups is 2. The van der Waals surface area contributed by atoms with Gasteiger partial charge in [0.2, 0.25) is 0 Å². The molecule has 0 spiro atoms. The summed E-state index contributed by atoms with van der Waals surface area (Å²) < 4.78 is 5.30. The number of phenols is 2. The maximum absolute atomic E-state index is 9.43. The monoisotopic (exact) mass is 325 g/mol. The zero-order chi connectivity index (χ0) is 15.8. The van der Waals surface area contributed by atoms with Crippen LogP contribution in [0.4, 0.5) is 0 Å². The topological polar surface area (TPSA) is 77.0 Å². The molecule has 0 aromatic heterocycles. The van der Waals surface area contributed by atoms with Crippen LogP contribution in [0.2, 0.25) is 0 Å². The van der Waals surface area contributed by atoms with E-state index in [9.17, 15) is 10.2 Å². The van der Waals surface area contributed by atoms with E-state index in [1.807, 2.05) is 0 Å². The Morgan fingerprint density at radius 1 is 1.14 bits per heavy atom. The van der Waals surface area contributed by atoms with Gasteiger partial charge in [-0.05, 0) is 36.3 Å². The average Bonchev–Trinajstić information content (AvgIpc) is 2.52. The van der Waals surface area contributed by atoms with Crippen LogP contribution in [-0.4, -0.2) is 66.2 Å². The van der Waals surface area contributed by atoms with Crippen LogP contribution in [0.3, 0.4) is 0 Å². The standard InChI is InChI=1S/C15H23N3O3S/c19-13-2-1-12(11-14(13)20)3-4-16-15(22)17-5-6-18-7-9-21-10-8-18/h1-2,11,19-20H,3-10H2,(H2,16,17,22). The lowest BCUT2D eigenvalue weighted by atomic mass is 10.1. The molecule has 1 saturated heterocycles. The molecule has 1 fully saturated rings. The van der Waals surface area contributed by atoms with E-state index in [4.69, 9.17) is 17.0 Å². The van der Waals surface area contributed by atoms with Gasteiger partial charge >= 0.3 is 0 Å². The highest BCUT2D eigenvalue weighted by Gasteiger charge is 2.09. The second kappa shape index (κ2) is 8.77. The number of thiocarbonyl (C=S) groups is 1. The molecule has 7 heteroatoms. The SMILES string of the molecule is Oc1ccc(CCNC(=S)NCCN2CCOCC2)cc1O. The fourth-order valence-corrected chi connectivity index (χ4v) is 2.46. The van der Waals surface area contributed by atoms with E-state index in [0.717, 1.165) is 51.4 Å². The number of ether oxygens (including phenoxy) is 1. The smallest absolute Gasteiger partial charge is 0.166 e. The highest BCUT2D eigenvalue weighted by atomic mass is 32.1. The van der Waals surface area contributed by atoms with Crippen LogP contribution in [-0.2, 0) is 11.2 Å². The van der Waals surface area contributed by atoms with Crippen molar-refractivity contribution in [2.24, 2.45) is 0 Å². The van der Waals surface area contributed by atoms with Gasteiger partial charge in [-0.15, -0.1) is 0 Å². The third-order valence-corrected chi connectivity index (χ3v) is 3.85. The summed E-state index contributed by atoms with van der Waals surface area (Å²) in [5, 5.41) is 25.6. The fourth-order valence-electron chi connectivity index (χ4n) is 2.26. The molecule has 1 aromatic carbocycles. The molecule has 1 heterocycles. The third-order valence-electron chi connectivity index (χ3n) is 3.56. The summed E-state index contributed by atoms with van der Waals surface area (Å²) in [5.74, 6) is -0.194. The lowest BCUT2D eigenvalue weighted by Gasteiger charge is -2.26. The van der Waals surface area contributed by atoms with Gasteiger partial charge in [-0.1, -0.05) is 6.07 Å². The van der Waals surface area contributed by atoms with Crippen LogP contribution in [0, 0.1) is 0 Å². The number of hydrogen-bond donors (Lipinski definition) is 4. The Kier molecular flexibility index (Phi) is 6.70. The highest BCUT2D eigenvalue weighted by molar-refractivity contribution is 7.80. The first-order chi connectivity index (χ1) is 10.6. The summed E-state index contributed by atoms with van der Waals surface area (Å²) in [6.45, 7) is 6.01. The minimum absolute atomic E-state index is 0.0938. The van der Waals surface area contributed by atoms with Crippen molar-refractivity contribution in [3.05, 3.63) is 23.8 Å². The number of nitrogens with zero attached hydrogens (tertiary/aromatic N) is 1. The van der Waals surface area contributed by atoms with Crippen LogP contribution >= 0.6 is 12.2 Å². The van der Waals surface area contributed by atoms with Crippen molar-refractivity contribution in [2.75, 3.05) is 45.9 Å². The first kappa shape index (κ1) is 16.8. The lowest BCUT2D eigenvalue weighted by molar-refractivity contribution is 0.0389. The van der Waals surface area contributed by atoms with Gasteiger partial charge in [0.15, 0.2) is 16.6 Å². The number of phenolic OH excluding ortho intramolecular Hbond substituents is 2. The molecule has 0 aliphatic carbocycles. The van der Waals surface area contributed by atoms with Crippen LogP contribution in [0.25, 0.3) is 0 Å². The fraction of sp³-hybridized carbons (Fsp3) is 0.533. The van der Waals surface area contributed by atoms with Gasteiger partial charge in [-0.3, -0.25) is 4.90 Å². The molecule has 122 valence electrons. The molecule has 0 saturated carbocycles. The van der Waals surface area contributed by atoms with Crippen LogP contribution in [0.15, 0.2) is 18.2 Å². The highest BCUT2D eigenvalue weighted by Crippen LogP contribution is 2.24. The summed E-state index contributed by atoms with van der Waals surface area (Å²) in [6, 6.07) is 4.83. The van der Waals surface area contributed by atoms with Crippen molar-refractivity contribution >= 4 is 17.3 Å². The molecular weight excluding hydrogens is 302 g/mol. The van der Waals surface area contributed by atoms with E-state index in [1.165, 1.54) is 6.07 Å². The first-order valence-corrected chi connectivity index (χ1v) is 7.88. The molecule has 0 bridgehead atoms. The van der Waals surface area contributed by atoms with Gasteiger partial charge in [0, 0.05) is 32.7 Å². The molecule has 1 aliphatic heterocycles. The Balaban J connectivity index is 1.58. The van der Waals surface area contributed by atoms with Gasteiger partial charge < -0.3 is 25.6 Å². The van der Waals surface area contributed by atoms with E-state index < -0.39 is 0 Å². The normalized spacial score (nSPS) is 15.5. The van der Waals surface area contributed by atoms with E-state index in [-0.39, 0.29) is 11.5 Å². The number of hydrogen-bond acceptors (Lipinski definition) is 5. The Hall–Kier alpha value is -1.57. The number of nitrogens with one attached hydrogen (secondary N) is 2. The average molecular weight is 325 g/mol. The van der Waals surface area contributed by atoms with Gasteiger partial charge in [0.25, 0.3) is 0 Å². The molecule has 1 aromatic rings. The van der Waals surface area contributed by atoms with Crippen LogP contribution in [0.5, 0.6) is 11.5 Å². The molecule has 0 atom stereocenters. The predicted molar refractivity (Wildman–Crippen MR) is 89.3 cm³/mol. The minimum Gasteiger partial charge on any atom is -0.504 e. The summed E-state index contributed by atoms with van der Waals surface area (Å²) in [7, 11) is 0. The van der Waals surface area contributed by atoms with E-state index in [1.54, 1.807) is 12.1 Å². The number of benzene rings is 1. The van der Waals surface area contributed by atoms with Gasteiger partial charge in [0.05, 0.1) is 13.2 Å². The Bertz CT molecular complexity index is 493. The van der Waals surface area contributed by atoms with Crippen molar-refractivity contribution in [1.82, 2.24) is 15.5 Å². The zero-order valence-electron chi connectivity index (χ0n) is 12.5. The van der Waals surface area contributed by atoms with Crippen LogP contribution < -0.4 is 10.6 Å². The molecule has 0 unspecified atom stereocenters. The molecular formula is C15H23N3O3S. The van der Waals surface area contributed by atoms with E-state index >= 15 is 0 Å². The van der Waals surface area contributed by atoms with Crippen molar-refractivity contribution in [3.8, 4) is 11.5 Å². The summed E-state index contributed by atoms with van der Waals surface area (Å²) >= 11 is 5.23. The summed E-state index contributed by atoms with van der Waals surface area (Å²) in [4.78, 5) is 2.35. The van der Waals surface area contributed by atoms with Crippen molar-refractivity contribution in [2.45, 2.75) is 6.42 Å². The van der Waals surface area contributed by atoms with E-state index in [0.29, 0.717) is 11.7 Å². The maximum Gasteiger partial charge on any atom is 0.166 e. The van der Waals surface area contributed by atoms with Gasteiger partial charge in [-0.25, -0.2) is 0 Å². The Morgan fingerprint density at radius 2 is 1.86 bits per heavy atom. The van der Waals surface area contributed by atoms with Crippen molar-refractivity contribution in [3.63, 3.8) is 0 Å². The van der Waals surface area contributed by atoms with Crippen LogP contribution in [0.1, 0.15) is 5.56 Å². The molecule has 22 heavy (non-hydrogen) atoms. The first-order valence-electron chi connectivity index (χ1n) is 7.48. The molecule has 6 nitrogen and oxygen atoms in total. The summed E-state index contributed by atoms with van der Waals surface area (Å²) in [5.41, 5.74) is 0.943. The largest absolute Gasteiger partial charge is 0.504 e. The molecule has 0 amide bonds. The second-order valence-corrected chi connectivity index (χ2v) is 5.62. The summed E-state index contributed by atoms with van der Waals surface area (Å²) in [6.07, 6.45) is 0.721. The minimum atomic E-state index is -0.1000. The number of rotatable bonds is 6. The van der Waals surface area contributed by atoms with Gasteiger partial charge in [-0.2, -0.15) is 0 Å². The Labute approximate surface area is 136 Å². The second-order valence-electron chi connectivity index (χ2n) is 5.21. The molecule has 4 N–H and O–H groups in total. The quantitative estimate of drug-likeness (QED) is 0.446. The van der Waals surface area contributed by atoms with E-state index in [2.05, 4.69) is 15.5 Å². The molecule has 1 aliphatic rings. The van der Waals surface area contributed by atoms with Crippen molar-refractivity contribution < 1.29 is 14.9 Å². The zero-order valence-corrected chi connectivity index (χ0v) is 13.4. The van der Waals surface area contributed by atoms with Gasteiger partial charge in [0.1, 0.15) is 0 Å². The number of morpholine rings is 1. The molecule has 0 radical (unpaired) electrons. The maximum atomic E-state index is 9.43. The lowest BCUT2D eigenvalue weighted by Crippen LogP contribution is -2.43. The molecule has 2 rings (SSSR count).